The lowest BCUT2D eigenvalue weighted by Gasteiger charge is -2.11. The van der Waals surface area contributed by atoms with Crippen molar-refractivity contribution in [1.29, 1.82) is 0 Å². The van der Waals surface area contributed by atoms with E-state index in [1.54, 1.807) is 12.1 Å². The van der Waals surface area contributed by atoms with Crippen LogP contribution in [0.5, 0.6) is 11.5 Å². The molecule has 0 saturated heterocycles. The van der Waals surface area contributed by atoms with Gasteiger partial charge in [-0.05, 0) is 74.2 Å². The van der Waals surface area contributed by atoms with Crippen LogP contribution in [0.1, 0.15) is 30.0 Å². The zero-order chi connectivity index (χ0) is 26.5. The number of nitrogens with zero attached hydrogens (tertiary/aromatic N) is 4. The maximum atomic E-state index is 11.8. The second kappa shape index (κ2) is 11.3. The number of hydrogen-bond donors (Lipinski definition) is 2. The molecule has 0 spiro atoms. The number of rotatable bonds is 9. The first-order valence-electron chi connectivity index (χ1n) is 11.2. The van der Waals surface area contributed by atoms with Gasteiger partial charge >= 0.3 is 0 Å². The van der Waals surface area contributed by atoms with Gasteiger partial charge in [-0.1, -0.05) is 6.92 Å². The first-order valence-corrected chi connectivity index (χ1v) is 12.6. The Labute approximate surface area is 210 Å². The average Bonchev–Trinajstić information content (AvgIpc) is 2.83. The maximum absolute atomic E-state index is 11.8. The van der Waals surface area contributed by atoms with E-state index in [0.717, 1.165) is 23.1 Å². The van der Waals surface area contributed by atoms with E-state index in [4.69, 9.17) is 15.2 Å². The quantitative estimate of drug-likeness (QED) is 0.178. The Hall–Kier alpha value is -3.83. The monoisotopic (exact) mass is 511 g/mol. The summed E-state index contributed by atoms with van der Waals surface area (Å²) < 4.78 is 44.2. The highest BCUT2D eigenvalue weighted by Gasteiger charge is 2.17. The van der Waals surface area contributed by atoms with E-state index < -0.39 is 15.0 Å². The smallest absolute Gasteiger partial charge is 0.296 e. The molecule has 0 aliphatic rings. The van der Waals surface area contributed by atoms with Crippen molar-refractivity contribution in [3.05, 3.63) is 59.2 Å². The average molecular weight is 512 g/mol. The summed E-state index contributed by atoms with van der Waals surface area (Å²) in [5, 5.41) is 17.1. The minimum Gasteiger partial charge on any atom is -0.497 e. The van der Waals surface area contributed by atoms with Crippen molar-refractivity contribution in [2.75, 3.05) is 19.5 Å². The molecule has 0 amide bonds. The van der Waals surface area contributed by atoms with Crippen LogP contribution in [0, 0.1) is 20.8 Å². The van der Waals surface area contributed by atoms with Gasteiger partial charge in [-0.25, -0.2) is 0 Å². The van der Waals surface area contributed by atoms with Crippen molar-refractivity contribution in [2.45, 2.75) is 39.0 Å². The summed E-state index contributed by atoms with van der Waals surface area (Å²) in [7, 11) is -3.17. The van der Waals surface area contributed by atoms with Crippen LogP contribution >= 0.6 is 0 Å². The summed E-state index contributed by atoms with van der Waals surface area (Å²) in [6.45, 7) is 8.06. The van der Waals surface area contributed by atoms with Gasteiger partial charge in [0.25, 0.3) is 10.1 Å². The van der Waals surface area contributed by atoms with Crippen molar-refractivity contribution >= 4 is 38.6 Å². The molecule has 3 aromatic rings. The Morgan fingerprint density at radius 1 is 0.833 bits per heavy atom. The molecule has 0 aliphatic carbocycles. The molecule has 10 nitrogen and oxygen atoms in total. The van der Waals surface area contributed by atoms with E-state index in [1.165, 1.54) is 25.3 Å². The van der Waals surface area contributed by atoms with Crippen LogP contribution in [-0.2, 0) is 10.1 Å². The minimum absolute atomic E-state index is 0.0460. The van der Waals surface area contributed by atoms with Gasteiger partial charge in [-0.15, -0.1) is 10.2 Å². The van der Waals surface area contributed by atoms with Crippen LogP contribution in [-0.4, -0.2) is 26.7 Å². The normalized spacial score (nSPS) is 11.9. The second-order valence-corrected chi connectivity index (χ2v) is 9.55. The molecule has 0 fully saturated rings. The molecule has 36 heavy (non-hydrogen) atoms. The molecular weight excluding hydrogens is 482 g/mol. The first-order chi connectivity index (χ1) is 17.0. The Balaban J connectivity index is 2.02. The van der Waals surface area contributed by atoms with Gasteiger partial charge in [0, 0.05) is 17.8 Å². The first kappa shape index (κ1) is 26.8. The predicted molar refractivity (Wildman–Crippen MR) is 138 cm³/mol. The van der Waals surface area contributed by atoms with Crippen molar-refractivity contribution in [1.82, 2.24) is 0 Å². The minimum atomic E-state index is -4.55. The van der Waals surface area contributed by atoms with Crippen LogP contribution in [0.2, 0.25) is 0 Å². The van der Waals surface area contributed by atoms with Gasteiger partial charge in [0.1, 0.15) is 27.8 Å². The van der Waals surface area contributed by atoms with Gasteiger partial charge in [0.05, 0.1) is 25.1 Å². The van der Waals surface area contributed by atoms with Gasteiger partial charge in [-0.3, -0.25) is 4.55 Å². The molecule has 0 saturated carbocycles. The lowest BCUT2D eigenvalue weighted by Crippen LogP contribution is -1.99. The molecule has 3 aromatic carbocycles. The van der Waals surface area contributed by atoms with E-state index in [1.807, 2.05) is 39.8 Å². The molecule has 0 heterocycles. The summed E-state index contributed by atoms with van der Waals surface area (Å²) in [5.74, 6) is 0.665. The van der Waals surface area contributed by atoms with Crippen LogP contribution in [0.4, 0.5) is 28.4 Å². The third-order valence-electron chi connectivity index (χ3n) is 5.30. The molecule has 0 radical (unpaired) electrons. The number of azo groups is 2. The number of benzene rings is 3. The topological polar surface area (TPSA) is 148 Å². The fourth-order valence-corrected chi connectivity index (χ4v) is 3.87. The van der Waals surface area contributed by atoms with Crippen molar-refractivity contribution in [2.24, 2.45) is 20.5 Å². The van der Waals surface area contributed by atoms with E-state index >= 15 is 0 Å². The standard InChI is InChI=1S/C25H29N5O5S/c1-6-9-35-24-14-22(29-28-21-11-15(2)19(26)10-16(21)3)17(4)12-23(24)30-27-20-8-7-18(34-5)13-25(20)36(31,32)33/h7-8,10-14H,6,9,26H2,1-5H3,(H,31,32,33). The van der Waals surface area contributed by atoms with Gasteiger partial charge in [0.15, 0.2) is 0 Å². The molecule has 0 bridgehead atoms. The largest absolute Gasteiger partial charge is 0.497 e. The molecule has 0 atom stereocenters. The summed E-state index contributed by atoms with van der Waals surface area (Å²) in [4.78, 5) is -0.419. The molecule has 3 rings (SSSR count). The summed E-state index contributed by atoms with van der Waals surface area (Å²) >= 11 is 0. The van der Waals surface area contributed by atoms with Crippen LogP contribution in [0.3, 0.4) is 0 Å². The third-order valence-corrected chi connectivity index (χ3v) is 6.18. The Bertz CT molecular complexity index is 1440. The van der Waals surface area contributed by atoms with Crippen molar-refractivity contribution in [3.63, 3.8) is 0 Å². The molecule has 11 heteroatoms. The third kappa shape index (κ3) is 6.43. The van der Waals surface area contributed by atoms with Crippen molar-refractivity contribution < 1.29 is 22.4 Å². The number of nitrogens with two attached hydrogens (primary N) is 1. The molecular formula is C25H29N5O5S. The van der Waals surface area contributed by atoms with Crippen LogP contribution in [0.25, 0.3) is 0 Å². The Morgan fingerprint density at radius 3 is 2.06 bits per heavy atom. The number of hydrogen-bond acceptors (Lipinski definition) is 9. The zero-order valence-corrected chi connectivity index (χ0v) is 21.6. The number of anilines is 1. The lowest BCUT2D eigenvalue weighted by molar-refractivity contribution is 0.318. The molecule has 3 N–H and O–H groups in total. The summed E-state index contributed by atoms with van der Waals surface area (Å²) in [5.41, 5.74) is 10.8. The summed E-state index contributed by atoms with van der Waals surface area (Å²) in [6, 6.07) is 11.3. The second-order valence-electron chi connectivity index (χ2n) is 8.16. The molecule has 190 valence electrons. The predicted octanol–water partition coefficient (Wildman–Crippen LogP) is 7.07. The van der Waals surface area contributed by atoms with Crippen LogP contribution < -0.4 is 15.2 Å². The zero-order valence-electron chi connectivity index (χ0n) is 20.8. The van der Waals surface area contributed by atoms with E-state index in [0.29, 0.717) is 35.1 Å². The number of nitrogen functional groups attached to an aromatic ring is 1. The highest BCUT2D eigenvalue weighted by Crippen LogP contribution is 2.38. The Morgan fingerprint density at radius 2 is 1.42 bits per heavy atom. The number of aryl methyl sites for hydroxylation is 3. The fourth-order valence-electron chi connectivity index (χ4n) is 3.23. The van der Waals surface area contributed by atoms with Crippen molar-refractivity contribution in [3.8, 4) is 11.5 Å². The molecule has 0 unspecified atom stereocenters. The SMILES string of the molecule is CCCOc1cc(N=Nc2cc(C)c(N)cc2C)c(C)cc1N=Nc1ccc(OC)cc1S(=O)(=O)O. The highest BCUT2D eigenvalue weighted by atomic mass is 32.2. The summed E-state index contributed by atoms with van der Waals surface area (Å²) in [6.07, 6.45) is 0.761. The lowest BCUT2D eigenvalue weighted by atomic mass is 10.1. The van der Waals surface area contributed by atoms with Gasteiger partial charge < -0.3 is 15.2 Å². The highest BCUT2D eigenvalue weighted by molar-refractivity contribution is 7.86. The number of methoxy groups -OCH3 is 1. The maximum Gasteiger partial charge on any atom is 0.296 e. The fraction of sp³-hybridized carbons (Fsp3) is 0.280. The number of ether oxygens (including phenoxy) is 2. The van der Waals surface area contributed by atoms with E-state index in [2.05, 4.69) is 20.5 Å². The van der Waals surface area contributed by atoms with E-state index in [9.17, 15) is 13.0 Å². The van der Waals surface area contributed by atoms with E-state index in [-0.39, 0.29) is 11.4 Å². The molecule has 0 aliphatic heterocycles. The van der Waals surface area contributed by atoms with Gasteiger partial charge in [0.2, 0.25) is 0 Å². The molecule has 0 aromatic heterocycles. The van der Waals surface area contributed by atoms with Crippen LogP contribution in [0.15, 0.2) is 67.8 Å². The van der Waals surface area contributed by atoms with Gasteiger partial charge in [-0.2, -0.15) is 18.6 Å². The Kier molecular flexibility index (Phi) is 8.38.